The van der Waals surface area contributed by atoms with Crippen LogP contribution in [0.1, 0.15) is 44.0 Å². The van der Waals surface area contributed by atoms with Crippen LogP contribution in [0.25, 0.3) is 0 Å². The lowest BCUT2D eigenvalue weighted by Crippen LogP contribution is -2.47. The standard InChI is InChI=1S/C21H28N4O2/c1-15(2)10-20-22-19(23-27-20)14-24-12-17-8-9-18(13-24)25(21(17)26)11-16-6-4-3-5-7-16/h3-7,15,17-18H,8-14H2,1-2H3/t17-,18+/m0/s1. The van der Waals surface area contributed by atoms with Gasteiger partial charge in [-0.2, -0.15) is 4.98 Å². The molecule has 1 aromatic heterocycles. The van der Waals surface area contributed by atoms with Gasteiger partial charge in [0.1, 0.15) is 0 Å². The van der Waals surface area contributed by atoms with E-state index in [9.17, 15) is 4.79 Å². The Labute approximate surface area is 160 Å². The summed E-state index contributed by atoms with van der Waals surface area (Å²) < 4.78 is 5.37. The van der Waals surface area contributed by atoms with E-state index in [-0.39, 0.29) is 12.0 Å². The van der Waals surface area contributed by atoms with Crippen LogP contribution in [-0.4, -0.2) is 45.0 Å². The van der Waals surface area contributed by atoms with Crippen molar-refractivity contribution in [3.8, 4) is 0 Å². The van der Waals surface area contributed by atoms with Crippen LogP contribution in [0.2, 0.25) is 0 Å². The Morgan fingerprint density at radius 2 is 1.96 bits per heavy atom. The topological polar surface area (TPSA) is 62.5 Å². The maximum atomic E-state index is 13.0. The number of carbonyl (C=O) groups is 1. The number of aromatic nitrogens is 2. The SMILES string of the molecule is CC(C)Cc1nc(CN2C[C@@H]3CC[C@H](C2)N(Cc2ccccc2)C3=O)no1. The number of fused-ring (bicyclic) bond motifs is 4. The third-order valence-corrected chi connectivity index (χ3v) is 5.52. The molecule has 2 aromatic rings. The smallest absolute Gasteiger partial charge is 0.227 e. The molecule has 6 nitrogen and oxygen atoms in total. The van der Waals surface area contributed by atoms with E-state index in [2.05, 4.69) is 45.9 Å². The Kier molecular flexibility index (Phi) is 5.25. The van der Waals surface area contributed by atoms with E-state index in [1.54, 1.807) is 0 Å². The molecular formula is C21H28N4O2. The van der Waals surface area contributed by atoms with Crippen LogP contribution in [0.5, 0.6) is 0 Å². The summed E-state index contributed by atoms with van der Waals surface area (Å²) in [7, 11) is 0. The second-order valence-electron chi connectivity index (χ2n) is 8.28. The molecule has 0 spiro atoms. The molecule has 3 saturated heterocycles. The molecule has 0 unspecified atom stereocenters. The lowest BCUT2D eigenvalue weighted by atomic mass is 9.93. The lowest BCUT2D eigenvalue weighted by molar-refractivity contribution is -0.140. The fraction of sp³-hybridized carbons (Fsp3) is 0.571. The second kappa shape index (κ2) is 7.80. The van der Waals surface area contributed by atoms with Crippen molar-refractivity contribution in [1.82, 2.24) is 19.9 Å². The molecule has 27 heavy (non-hydrogen) atoms. The van der Waals surface area contributed by atoms with Gasteiger partial charge in [-0.15, -0.1) is 0 Å². The third-order valence-electron chi connectivity index (χ3n) is 5.52. The van der Waals surface area contributed by atoms with E-state index in [1.165, 1.54) is 5.56 Å². The summed E-state index contributed by atoms with van der Waals surface area (Å²) in [6.07, 6.45) is 2.86. The number of rotatable bonds is 6. The van der Waals surface area contributed by atoms with Gasteiger partial charge in [-0.1, -0.05) is 49.3 Å². The van der Waals surface area contributed by atoms with Crippen molar-refractivity contribution in [2.45, 2.75) is 52.2 Å². The highest BCUT2D eigenvalue weighted by Crippen LogP contribution is 2.31. The van der Waals surface area contributed by atoms with Crippen LogP contribution in [-0.2, 0) is 24.3 Å². The van der Waals surface area contributed by atoms with Crippen LogP contribution in [0.4, 0.5) is 0 Å². The Balaban J connectivity index is 1.44. The van der Waals surface area contributed by atoms with Crippen LogP contribution in [0.3, 0.4) is 0 Å². The van der Waals surface area contributed by atoms with Gasteiger partial charge in [0, 0.05) is 32.1 Å². The minimum Gasteiger partial charge on any atom is -0.339 e. The monoisotopic (exact) mass is 368 g/mol. The van der Waals surface area contributed by atoms with Gasteiger partial charge in [0.25, 0.3) is 0 Å². The highest BCUT2D eigenvalue weighted by atomic mass is 16.5. The molecule has 0 aliphatic carbocycles. The zero-order valence-corrected chi connectivity index (χ0v) is 16.2. The zero-order valence-electron chi connectivity index (χ0n) is 16.2. The summed E-state index contributed by atoms with van der Waals surface area (Å²) in [5.74, 6) is 2.31. The number of hydrogen-bond donors (Lipinski definition) is 0. The van der Waals surface area contributed by atoms with Gasteiger partial charge in [0.05, 0.1) is 12.5 Å². The molecule has 1 aromatic carbocycles. The zero-order chi connectivity index (χ0) is 18.8. The van der Waals surface area contributed by atoms with Gasteiger partial charge in [-0.05, 0) is 24.3 Å². The maximum Gasteiger partial charge on any atom is 0.227 e. The quantitative estimate of drug-likeness (QED) is 0.784. The number of piperidine rings is 1. The van der Waals surface area contributed by atoms with E-state index in [0.29, 0.717) is 30.8 Å². The van der Waals surface area contributed by atoms with Gasteiger partial charge < -0.3 is 9.42 Å². The largest absolute Gasteiger partial charge is 0.339 e. The van der Waals surface area contributed by atoms with Crippen molar-refractivity contribution < 1.29 is 9.32 Å². The van der Waals surface area contributed by atoms with Crippen LogP contribution >= 0.6 is 0 Å². The van der Waals surface area contributed by atoms with Gasteiger partial charge in [0.2, 0.25) is 11.8 Å². The van der Waals surface area contributed by atoms with Gasteiger partial charge in [0.15, 0.2) is 5.82 Å². The molecule has 2 bridgehead atoms. The highest BCUT2D eigenvalue weighted by Gasteiger charge is 2.40. The van der Waals surface area contributed by atoms with Crippen molar-refractivity contribution in [1.29, 1.82) is 0 Å². The van der Waals surface area contributed by atoms with Crippen LogP contribution in [0, 0.1) is 11.8 Å². The average molecular weight is 368 g/mol. The number of carbonyl (C=O) groups excluding carboxylic acids is 1. The summed E-state index contributed by atoms with van der Waals surface area (Å²) in [5, 5.41) is 4.14. The first-order valence-corrected chi connectivity index (χ1v) is 9.96. The molecule has 6 heteroatoms. The molecule has 144 valence electrons. The summed E-state index contributed by atoms with van der Waals surface area (Å²) in [5.41, 5.74) is 1.20. The second-order valence-corrected chi connectivity index (χ2v) is 8.28. The molecule has 4 heterocycles. The number of nitrogens with zero attached hydrogens (tertiary/aromatic N) is 4. The van der Waals surface area contributed by atoms with Gasteiger partial charge >= 0.3 is 0 Å². The van der Waals surface area contributed by atoms with Crippen molar-refractivity contribution in [2.75, 3.05) is 13.1 Å². The van der Waals surface area contributed by atoms with Crippen molar-refractivity contribution in [3.05, 3.63) is 47.6 Å². The summed E-state index contributed by atoms with van der Waals surface area (Å²) >= 11 is 0. The Hall–Kier alpha value is -2.21. The van der Waals surface area contributed by atoms with Gasteiger partial charge in [-0.3, -0.25) is 9.69 Å². The number of amides is 1. The average Bonchev–Trinajstić information content (AvgIpc) is 2.90. The minimum absolute atomic E-state index is 0.0782. The van der Waals surface area contributed by atoms with E-state index in [4.69, 9.17) is 4.52 Å². The lowest BCUT2D eigenvalue weighted by Gasteiger charge is -2.36. The van der Waals surface area contributed by atoms with Crippen LogP contribution < -0.4 is 0 Å². The molecule has 0 radical (unpaired) electrons. The first-order chi connectivity index (χ1) is 13.1. The molecule has 3 aliphatic heterocycles. The molecule has 2 atom stereocenters. The van der Waals surface area contributed by atoms with Crippen molar-refractivity contribution in [2.24, 2.45) is 11.8 Å². The Morgan fingerprint density at radius 3 is 2.74 bits per heavy atom. The summed E-state index contributed by atoms with van der Waals surface area (Å²) in [6.45, 7) is 7.31. The first-order valence-electron chi connectivity index (χ1n) is 9.96. The van der Waals surface area contributed by atoms with E-state index in [1.807, 2.05) is 18.2 Å². The molecule has 0 N–H and O–H groups in total. The third kappa shape index (κ3) is 4.21. The van der Waals surface area contributed by atoms with Crippen molar-refractivity contribution in [3.63, 3.8) is 0 Å². The summed E-state index contributed by atoms with van der Waals surface area (Å²) in [4.78, 5) is 21.9. The summed E-state index contributed by atoms with van der Waals surface area (Å²) in [6, 6.07) is 10.5. The molecule has 3 aliphatic rings. The fourth-order valence-electron chi connectivity index (χ4n) is 4.23. The predicted molar refractivity (Wildman–Crippen MR) is 102 cm³/mol. The molecule has 3 fully saturated rings. The maximum absolute atomic E-state index is 13.0. The van der Waals surface area contributed by atoms with Crippen LogP contribution in [0.15, 0.2) is 34.9 Å². The normalized spacial score (nSPS) is 23.2. The molecule has 1 amide bonds. The number of hydrogen-bond acceptors (Lipinski definition) is 5. The molecule has 5 rings (SSSR count). The highest BCUT2D eigenvalue weighted by molar-refractivity contribution is 5.80. The van der Waals surface area contributed by atoms with E-state index in [0.717, 1.165) is 38.2 Å². The molecular weight excluding hydrogens is 340 g/mol. The van der Waals surface area contributed by atoms with Crippen molar-refractivity contribution >= 4 is 5.91 Å². The Morgan fingerprint density at radius 1 is 1.15 bits per heavy atom. The number of benzene rings is 1. The fourth-order valence-corrected chi connectivity index (χ4v) is 4.23. The molecule has 0 saturated carbocycles. The van der Waals surface area contributed by atoms with Gasteiger partial charge in [-0.25, -0.2) is 0 Å². The van der Waals surface area contributed by atoms with E-state index >= 15 is 0 Å². The predicted octanol–water partition coefficient (Wildman–Crippen LogP) is 2.89. The minimum atomic E-state index is 0.0782. The first kappa shape index (κ1) is 18.2. The van der Waals surface area contributed by atoms with E-state index < -0.39 is 0 Å². The Bertz CT molecular complexity index is 773.